The molecule has 5 aromatic rings. The average Bonchev–Trinajstić information content (AvgIpc) is 3.53. The van der Waals surface area contributed by atoms with Crippen LogP contribution in [0.3, 0.4) is 0 Å². The first-order valence-corrected chi connectivity index (χ1v) is 11.7. The van der Waals surface area contributed by atoms with Gasteiger partial charge in [-0.1, -0.05) is 24.3 Å². The van der Waals surface area contributed by atoms with E-state index in [4.69, 9.17) is 14.7 Å². The zero-order chi connectivity index (χ0) is 23.8. The molecule has 9 heteroatoms. The first kappa shape index (κ1) is 21.3. The zero-order valence-corrected chi connectivity index (χ0v) is 19.7. The lowest BCUT2D eigenvalue weighted by Crippen LogP contribution is -2.37. The molecule has 1 fully saturated rings. The number of benzene rings is 2. The molecule has 2 aromatic carbocycles. The van der Waals surface area contributed by atoms with Crippen LogP contribution in [0.2, 0.25) is 0 Å². The van der Waals surface area contributed by atoms with E-state index in [0.29, 0.717) is 19.2 Å². The molecule has 4 heterocycles. The number of aryl methyl sites for hydroxylation is 2. The zero-order valence-electron chi connectivity index (χ0n) is 19.7. The molecule has 0 aliphatic carbocycles. The van der Waals surface area contributed by atoms with Gasteiger partial charge in [0.1, 0.15) is 5.82 Å². The number of aromatic nitrogens is 6. The van der Waals surface area contributed by atoms with Crippen LogP contribution in [0.5, 0.6) is 0 Å². The highest BCUT2D eigenvalue weighted by Crippen LogP contribution is 2.29. The molecule has 35 heavy (non-hydrogen) atoms. The van der Waals surface area contributed by atoms with E-state index in [1.165, 1.54) is 0 Å². The van der Waals surface area contributed by atoms with E-state index in [2.05, 4.69) is 55.8 Å². The molecule has 6 rings (SSSR count). The fraction of sp³-hybridized carbons (Fsp3) is 0.231. The summed E-state index contributed by atoms with van der Waals surface area (Å²) in [6.07, 6.45) is 1.75. The van der Waals surface area contributed by atoms with Crippen molar-refractivity contribution in [2.75, 3.05) is 36.5 Å². The number of ether oxygens (including phenoxy) is 1. The number of aromatic amines is 1. The molecule has 0 atom stereocenters. The van der Waals surface area contributed by atoms with Crippen LogP contribution in [-0.2, 0) is 11.8 Å². The van der Waals surface area contributed by atoms with Crippen molar-refractivity contribution in [3.05, 3.63) is 66.5 Å². The molecule has 9 nitrogen and oxygen atoms in total. The van der Waals surface area contributed by atoms with Crippen molar-refractivity contribution in [2.45, 2.75) is 6.92 Å². The fourth-order valence-corrected chi connectivity index (χ4v) is 4.45. The van der Waals surface area contributed by atoms with E-state index in [1.807, 2.05) is 42.9 Å². The summed E-state index contributed by atoms with van der Waals surface area (Å²) in [6, 6.07) is 18.5. The second-order valence-corrected chi connectivity index (χ2v) is 8.65. The van der Waals surface area contributed by atoms with Crippen LogP contribution in [0, 0.1) is 6.92 Å². The Kier molecular flexibility index (Phi) is 5.38. The molecular weight excluding hydrogens is 440 g/mol. The first-order chi connectivity index (χ1) is 17.1. The van der Waals surface area contributed by atoms with E-state index >= 15 is 0 Å². The Hall–Kier alpha value is -4.24. The third-order valence-corrected chi connectivity index (χ3v) is 6.31. The van der Waals surface area contributed by atoms with Gasteiger partial charge in [-0.05, 0) is 36.8 Å². The van der Waals surface area contributed by atoms with Crippen molar-refractivity contribution in [3.63, 3.8) is 0 Å². The molecule has 0 bridgehead atoms. The number of fused-ring (bicyclic) bond motifs is 1. The molecule has 0 saturated carbocycles. The summed E-state index contributed by atoms with van der Waals surface area (Å²) in [5, 5.41) is 16.2. The van der Waals surface area contributed by atoms with Crippen LogP contribution in [0.15, 0.2) is 60.8 Å². The van der Waals surface area contributed by atoms with Crippen LogP contribution < -0.4 is 10.2 Å². The van der Waals surface area contributed by atoms with Gasteiger partial charge in [0.25, 0.3) is 0 Å². The van der Waals surface area contributed by atoms with Gasteiger partial charge < -0.3 is 15.0 Å². The van der Waals surface area contributed by atoms with Crippen LogP contribution >= 0.6 is 0 Å². The Labute approximate surface area is 202 Å². The quantitative estimate of drug-likeness (QED) is 0.398. The molecule has 0 spiro atoms. The minimum atomic E-state index is 0.672. The van der Waals surface area contributed by atoms with Gasteiger partial charge in [-0.2, -0.15) is 15.2 Å². The molecule has 1 saturated heterocycles. The molecule has 0 radical (unpaired) electrons. The Morgan fingerprint density at radius 3 is 2.51 bits per heavy atom. The lowest BCUT2D eigenvalue weighted by atomic mass is 10.1. The van der Waals surface area contributed by atoms with E-state index in [9.17, 15) is 0 Å². The van der Waals surface area contributed by atoms with Gasteiger partial charge in [0, 0.05) is 49.0 Å². The van der Waals surface area contributed by atoms with Crippen LogP contribution in [0.1, 0.15) is 5.69 Å². The maximum Gasteiger partial charge on any atom is 0.228 e. The van der Waals surface area contributed by atoms with E-state index in [-0.39, 0.29) is 0 Å². The predicted molar refractivity (Wildman–Crippen MR) is 137 cm³/mol. The van der Waals surface area contributed by atoms with Crippen molar-refractivity contribution in [1.82, 2.24) is 29.9 Å². The average molecular weight is 467 g/mol. The van der Waals surface area contributed by atoms with Gasteiger partial charge in [0.15, 0.2) is 0 Å². The van der Waals surface area contributed by atoms with Crippen molar-refractivity contribution in [2.24, 2.45) is 7.05 Å². The topological polar surface area (TPSA) is 96.8 Å². The summed E-state index contributed by atoms with van der Waals surface area (Å²) in [7, 11) is 1.97. The lowest BCUT2D eigenvalue weighted by Gasteiger charge is -2.27. The molecule has 176 valence electrons. The smallest absolute Gasteiger partial charge is 0.228 e. The van der Waals surface area contributed by atoms with Crippen LogP contribution in [-0.4, -0.2) is 56.2 Å². The highest BCUT2D eigenvalue weighted by Gasteiger charge is 2.17. The summed E-state index contributed by atoms with van der Waals surface area (Å²) in [4.78, 5) is 12.0. The summed E-state index contributed by atoms with van der Waals surface area (Å²) < 4.78 is 7.45. The monoisotopic (exact) mass is 466 g/mol. The standard InChI is InChI=1S/C26H26N8O/c1-17-21-8-5-19(15-24(21)33(2)32-17)23-16-25(30-26(29-23)34-11-13-35-14-12-34)28-20-6-3-18(4-7-20)22-9-10-27-31-22/h3-10,15-16H,11-14H2,1-2H3,(H,27,31)(H,28,29,30). The highest BCUT2D eigenvalue weighted by atomic mass is 16.5. The molecular formula is C26H26N8O. The minimum Gasteiger partial charge on any atom is -0.378 e. The highest BCUT2D eigenvalue weighted by molar-refractivity contribution is 5.86. The van der Waals surface area contributed by atoms with Gasteiger partial charge in [0.2, 0.25) is 5.95 Å². The van der Waals surface area contributed by atoms with Gasteiger partial charge in [-0.25, -0.2) is 4.98 Å². The maximum absolute atomic E-state index is 5.54. The number of hydrogen-bond donors (Lipinski definition) is 2. The maximum atomic E-state index is 5.54. The summed E-state index contributed by atoms with van der Waals surface area (Å²) in [5.41, 5.74) is 6.99. The van der Waals surface area contributed by atoms with Gasteiger partial charge in [0.05, 0.1) is 35.8 Å². The summed E-state index contributed by atoms with van der Waals surface area (Å²) in [5.74, 6) is 1.44. The Bertz CT molecular complexity index is 1470. The van der Waals surface area contributed by atoms with Crippen molar-refractivity contribution < 1.29 is 4.74 Å². The van der Waals surface area contributed by atoms with E-state index < -0.39 is 0 Å². The van der Waals surface area contributed by atoms with Crippen LogP contribution in [0.4, 0.5) is 17.5 Å². The minimum absolute atomic E-state index is 0.672. The van der Waals surface area contributed by atoms with Crippen molar-refractivity contribution in [1.29, 1.82) is 0 Å². The summed E-state index contributed by atoms with van der Waals surface area (Å²) >= 11 is 0. The normalized spacial score (nSPS) is 13.9. The van der Waals surface area contributed by atoms with Gasteiger partial charge in [-0.15, -0.1) is 0 Å². The van der Waals surface area contributed by atoms with E-state index in [0.717, 1.165) is 63.7 Å². The third kappa shape index (κ3) is 4.22. The molecule has 2 N–H and O–H groups in total. The van der Waals surface area contributed by atoms with E-state index in [1.54, 1.807) is 6.20 Å². The fourth-order valence-electron chi connectivity index (χ4n) is 4.45. The molecule has 1 aliphatic rings. The number of rotatable bonds is 5. The number of nitrogens with zero attached hydrogens (tertiary/aromatic N) is 6. The lowest BCUT2D eigenvalue weighted by molar-refractivity contribution is 0.122. The Morgan fingerprint density at radius 1 is 0.943 bits per heavy atom. The third-order valence-electron chi connectivity index (χ3n) is 6.31. The number of anilines is 3. The summed E-state index contributed by atoms with van der Waals surface area (Å²) in [6.45, 7) is 4.91. The number of hydrogen-bond acceptors (Lipinski definition) is 7. The Balaban J connectivity index is 1.37. The molecule has 0 unspecified atom stereocenters. The SMILES string of the molecule is Cc1nn(C)c2cc(-c3cc(Nc4ccc(-c5ccn[nH]5)cc4)nc(N4CCOCC4)n3)ccc12. The van der Waals surface area contributed by atoms with Crippen molar-refractivity contribution in [3.8, 4) is 22.5 Å². The molecule has 3 aromatic heterocycles. The predicted octanol–water partition coefficient (Wildman–Crippen LogP) is 4.31. The first-order valence-electron chi connectivity index (χ1n) is 11.7. The number of H-pyrrole nitrogens is 1. The second-order valence-electron chi connectivity index (χ2n) is 8.65. The Morgan fingerprint density at radius 2 is 1.74 bits per heavy atom. The van der Waals surface area contributed by atoms with Gasteiger partial charge in [-0.3, -0.25) is 9.78 Å². The largest absolute Gasteiger partial charge is 0.378 e. The number of morpholine rings is 1. The second kappa shape index (κ2) is 8.84. The van der Waals surface area contributed by atoms with Crippen molar-refractivity contribution >= 4 is 28.4 Å². The number of nitrogens with one attached hydrogen (secondary N) is 2. The van der Waals surface area contributed by atoms with Crippen LogP contribution in [0.25, 0.3) is 33.4 Å². The molecule has 0 amide bonds. The van der Waals surface area contributed by atoms with Gasteiger partial charge >= 0.3 is 0 Å². The molecule has 1 aliphatic heterocycles.